The molecule has 0 spiro atoms. The molecule has 3 rings (SSSR count). The highest BCUT2D eigenvalue weighted by Crippen LogP contribution is 2.25. The van der Waals surface area contributed by atoms with Crippen LogP contribution in [0.15, 0.2) is 6.20 Å². The minimum absolute atomic E-state index is 0.246. The van der Waals surface area contributed by atoms with Gasteiger partial charge in [-0.3, -0.25) is 4.79 Å². The number of imidazole rings is 1. The van der Waals surface area contributed by atoms with Crippen molar-refractivity contribution in [3.05, 3.63) is 17.7 Å². The number of hydrogen-bond donors (Lipinski definition) is 1. The molecule has 3 heterocycles. The first-order chi connectivity index (χ1) is 10.2. The van der Waals surface area contributed by atoms with E-state index in [2.05, 4.69) is 21.4 Å². The first-order valence-electron chi connectivity index (χ1n) is 8.15. The number of fused-ring (bicyclic) bond motifs is 1. The Morgan fingerprint density at radius 3 is 3.05 bits per heavy atom. The summed E-state index contributed by atoms with van der Waals surface area (Å²) in [6, 6.07) is 0. The Balaban J connectivity index is 1.70. The Morgan fingerprint density at radius 2 is 2.29 bits per heavy atom. The van der Waals surface area contributed by atoms with Crippen molar-refractivity contribution in [1.82, 2.24) is 14.5 Å². The predicted molar refractivity (Wildman–Crippen MR) is 80.2 cm³/mol. The number of carbonyl (C=O) groups is 1. The molecule has 1 fully saturated rings. The van der Waals surface area contributed by atoms with Gasteiger partial charge in [0.2, 0.25) is 0 Å². The van der Waals surface area contributed by atoms with Gasteiger partial charge in [-0.2, -0.15) is 0 Å². The van der Waals surface area contributed by atoms with Gasteiger partial charge in [0.15, 0.2) is 0 Å². The summed E-state index contributed by atoms with van der Waals surface area (Å²) in [5, 5.41) is 9.24. The molecule has 1 aromatic heterocycles. The lowest BCUT2D eigenvalue weighted by Crippen LogP contribution is -2.36. The highest BCUT2D eigenvalue weighted by atomic mass is 16.4. The third-order valence-corrected chi connectivity index (χ3v) is 5.04. The van der Waals surface area contributed by atoms with Crippen LogP contribution in [-0.4, -0.2) is 45.2 Å². The minimum Gasteiger partial charge on any atom is -0.481 e. The van der Waals surface area contributed by atoms with Crippen LogP contribution in [0.25, 0.3) is 0 Å². The van der Waals surface area contributed by atoms with Crippen LogP contribution in [-0.2, 0) is 24.2 Å². The molecule has 2 atom stereocenters. The van der Waals surface area contributed by atoms with E-state index in [1.165, 1.54) is 25.1 Å². The first kappa shape index (κ1) is 14.6. The Kier molecular flexibility index (Phi) is 4.29. The van der Waals surface area contributed by atoms with Gasteiger partial charge in [-0.05, 0) is 44.7 Å². The zero-order valence-corrected chi connectivity index (χ0v) is 12.8. The van der Waals surface area contributed by atoms with Gasteiger partial charge >= 0.3 is 5.97 Å². The molecule has 21 heavy (non-hydrogen) atoms. The number of likely N-dealkylation sites (tertiary alicyclic amines) is 1. The summed E-state index contributed by atoms with van der Waals surface area (Å²) in [4.78, 5) is 18.3. The topological polar surface area (TPSA) is 58.4 Å². The van der Waals surface area contributed by atoms with E-state index in [0.29, 0.717) is 12.5 Å². The van der Waals surface area contributed by atoms with Crippen LogP contribution >= 0.6 is 0 Å². The lowest BCUT2D eigenvalue weighted by molar-refractivity contribution is -0.142. The fourth-order valence-electron chi connectivity index (χ4n) is 3.74. The molecule has 2 aliphatic rings. The average molecular weight is 291 g/mol. The van der Waals surface area contributed by atoms with Gasteiger partial charge in [-0.1, -0.05) is 6.92 Å². The standard InChI is InChI=1S/C16H25N3O2/c1-2-18-7-3-4-12(10-18)8-15-17-9-14-6-5-13(16(20)21)11-19(14)15/h9,12-13H,2-8,10-11H2,1H3,(H,20,21). The molecule has 0 bridgehead atoms. The van der Waals surface area contributed by atoms with E-state index < -0.39 is 5.97 Å². The van der Waals surface area contributed by atoms with Crippen LogP contribution in [0, 0.1) is 11.8 Å². The average Bonchev–Trinajstić information content (AvgIpc) is 2.90. The van der Waals surface area contributed by atoms with E-state index in [0.717, 1.165) is 38.2 Å². The number of carboxylic acid groups (broad SMARTS) is 1. The number of carboxylic acids is 1. The highest BCUT2D eigenvalue weighted by molar-refractivity contribution is 5.70. The van der Waals surface area contributed by atoms with Crippen molar-refractivity contribution >= 4 is 5.97 Å². The molecular formula is C16H25N3O2. The van der Waals surface area contributed by atoms with E-state index in [-0.39, 0.29) is 5.92 Å². The molecule has 0 amide bonds. The van der Waals surface area contributed by atoms with E-state index in [9.17, 15) is 9.90 Å². The number of aryl methyl sites for hydroxylation is 1. The maximum absolute atomic E-state index is 11.2. The van der Waals surface area contributed by atoms with Crippen LogP contribution in [0.4, 0.5) is 0 Å². The summed E-state index contributed by atoms with van der Waals surface area (Å²) in [6.45, 7) is 6.31. The number of hydrogen-bond acceptors (Lipinski definition) is 3. The van der Waals surface area contributed by atoms with Crippen LogP contribution in [0.1, 0.15) is 37.7 Å². The molecule has 1 saturated heterocycles. The van der Waals surface area contributed by atoms with Gasteiger partial charge < -0.3 is 14.6 Å². The fourth-order valence-corrected chi connectivity index (χ4v) is 3.74. The summed E-state index contributed by atoms with van der Waals surface area (Å²) in [6.07, 6.45) is 7.06. The van der Waals surface area contributed by atoms with Crippen LogP contribution in [0.5, 0.6) is 0 Å². The lowest BCUT2D eigenvalue weighted by atomic mass is 9.93. The summed E-state index contributed by atoms with van der Waals surface area (Å²) >= 11 is 0. The van der Waals surface area contributed by atoms with Crippen molar-refractivity contribution in [2.24, 2.45) is 11.8 Å². The number of aliphatic carboxylic acids is 1. The first-order valence-corrected chi connectivity index (χ1v) is 8.15. The monoisotopic (exact) mass is 291 g/mol. The normalized spacial score (nSPS) is 26.5. The molecule has 1 N–H and O–H groups in total. The molecule has 5 nitrogen and oxygen atoms in total. The van der Waals surface area contributed by atoms with Crippen LogP contribution in [0.2, 0.25) is 0 Å². The summed E-state index contributed by atoms with van der Waals surface area (Å²) in [7, 11) is 0. The number of nitrogens with zero attached hydrogens (tertiary/aromatic N) is 3. The number of piperidine rings is 1. The van der Waals surface area contributed by atoms with E-state index in [4.69, 9.17) is 0 Å². The molecule has 0 saturated carbocycles. The zero-order valence-electron chi connectivity index (χ0n) is 12.8. The van der Waals surface area contributed by atoms with Gasteiger partial charge in [0.25, 0.3) is 0 Å². The predicted octanol–water partition coefficient (Wildman–Crippen LogP) is 1.80. The summed E-state index contributed by atoms with van der Waals surface area (Å²) < 4.78 is 2.17. The molecule has 2 aliphatic heterocycles. The van der Waals surface area contributed by atoms with Gasteiger partial charge in [-0.25, -0.2) is 4.98 Å². The second-order valence-electron chi connectivity index (χ2n) is 6.46. The maximum atomic E-state index is 11.2. The van der Waals surface area contributed by atoms with Crippen molar-refractivity contribution in [2.75, 3.05) is 19.6 Å². The second kappa shape index (κ2) is 6.18. The number of aromatic nitrogens is 2. The van der Waals surface area contributed by atoms with Gasteiger partial charge in [0.1, 0.15) is 5.82 Å². The summed E-state index contributed by atoms with van der Waals surface area (Å²) in [5.41, 5.74) is 1.21. The minimum atomic E-state index is -0.671. The molecule has 116 valence electrons. The molecule has 0 radical (unpaired) electrons. The van der Waals surface area contributed by atoms with Gasteiger partial charge in [-0.15, -0.1) is 0 Å². The van der Waals surface area contributed by atoms with Crippen molar-refractivity contribution < 1.29 is 9.90 Å². The fraction of sp³-hybridized carbons (Fsp3) is 0.750. The Labute approximate surface area is 126 Å². The quantitative estimate of drug-likeness (QED) is 0.919. The third-order valence-electron chi connectivity index (χ3n) is 5.04. The Bertz CT molecular complexity index is 512. The Hall–Kier alpha value is -1.36. The van der Waals surface area contributed by atoms with Crippen molar-refractivity contribution in [3.8, 4) is 0 Å². The van der Waals surface area contributed by atoms with Crippen molar-refractivity contribution in [3.63, 3.8) is 0 Å². The molecule has 0 aliphatic carbocycles. The van der Waals surface area contributed by atoms with Crippen LogP contribution < -0.4 is 0 Å². The van der Waals surface area contributed by atoms with E-state index in [1.807, 2.05) is 6.20 Å². The lowest BCUT2D eigenvalue weighted by Gasteiger charge is -2.32. The van der Waals surface area contributed by atoms with E-state index in [1.54, 1.807) is 0 Å². The van der Waals surface area contributed by atoms with Crippen LogP contribution in [0.3, 0.4) is 0 Å². The molecule has 5 heteroatoms. The van der Waals surface area contributed by atoms with Crippen molar-refractivity contribution in [2.45, 2.75) is 45.6 Å². The molecule has 0 aromatic carbocycles. The zero-order chi connectivity index (χ0) is 14.8. The smallest absolute Gasteiger partial charge is 0.308 e. The second-order valence-corrected chi connectivity index (χ2v) is 6.46. The van der Waals surface area contributed by atoms with E-state index >= 15 is 0 Å². The maximum Gasteiger partial charge on any atom is 0.308 e. The third kappa shape index (κ3) is 3.12. The van der Waals surface area contributed by atoms with Crippen molar-refractivity contribution in [1.29, 1.82) is 0 Å². The van der Waals surface area contributed by atoms with Gasteiger partial charge in [0.05, 0.1) is 5.92 Å². The molecular weight excluding hydrogens is 266 g/mol. The molecule has 2 unspecified atom stereocenters. The SMILES string of the molecule is CCN1CCCC(Cc2ncc3n2CC(C(=O)O)CC3)C1. The molecule has 1 aromatic rings. The Morgan fingerprint density at radius 1 is 1.43 bits per heavy atom. The largest absolute Gasteiger partial charge is 0.481 e. The highest BCUT2D eigenvalue weighted by Gasteiger charge is 2.28. The number of rotatable bonds is 4. The van der Waals surface area contributed by atoms with Gasteiger partial charge in [0, 0.05) is 31.4 Å². The summed E-state index contributed by atoms with van der Waals surface area (Å²) in [5.74, 6) is 0.841.